The van der Waals surface area contributed by atoms with Crippen LogP contribution in [-0.2, 0) is 17.7 Å². The van der Waals surface area contributed by atoms with E-state index in [-0.39, 0.29) is 5.69 Å². The van der Waals surface area contributed by atoms with Crippen molar-refractivity contribution < 1.29 is 14.6 Å². The molecule has 0 unspecified atom stereocenters. The zero-order chi connectivity index (χ0) is 14.2. The summed E-state index contributed by atoms with van der Waals surface area (Å²) < 4.78 is 6.94. The number of pyridine rings is 1. The van der Waals surface area contributed by atoms with E-state index in [1.54, 1.807) is 12.4 Å². The third-order valence-electron chi connectivity index (χ3n) is 2.73. The van der Waals surface area contributed by atoms with Crippen LogP contribution in [0.25, 0.3) is 0 Å². The Hall–Kier alpha value is -2.28. The maximum atomic E-state index is 10.6. The molecule has 1 N–H and O–H groups in total. The minimum atomic E-state index is -1.07. The van der Waals surface area contributed by atoms with Gasteiger partial charge in [0.25, 0.3) is 0 Å². The normalized spacial score (nSPS) is 10.6. The molecule has 2 aromatic rings. The van der Waals surface area contributed by atoms with E-state index in [2.05, 4.69) is 15.3 Å². The molecule has 2 aromatic heterocycles. The van der Waals surface area contributed by atoms with Crippen molar-refractivity contribution in [2.45, 2.75) is 19.4 Å². The van der Waals surface area contributed by atoms with Gasteiger partial charge in [0.15, 0.2) is 5.69 Å². The highest BCUT2D eigenvalue weighted by Crippen LogP contribution is 2.01. The molecule has 0 bridgehead atoms. The van der Waals surface area contributed by atoms with Crippen LogP contribution in [-0.4, -0.2) is 44.3 Å². The highest BCUT2D eigenvalue weighted by Gasteiger charge is 2.07. The summed E-state index contributed by atoms with van der Waals surface area (Å²) in [5.74, 6) is -1.07. The van der Waals surface area contributed by atoms with Crippen LogP contribution in [0.3, 0.4) is 0 Å². The molecule has 0 saturated heterocycles. The van der Waals surface area contributed by atoms with Gasteiger partial charge in [-0.1, -0.05) is 5.21 Å². The number of nitrogens with zero attached hydrogens (tertiary/aromatic N) is 4. The van der Waals surface area contributed by atoms with Crippen molar-refractivity contribution in [1.29, 1.82) is 0 Å². The number of hydrogen-bond donors (Lipinski definition) is 1. The van der Waals surface area contributed by atoms with E-state index in [1.165, 1.54) is 16.4 Å². The molecule has 0 atom stereocenters. The Kier molecular flexibility index (Phi) is 5.19. The fourth-order valence-electron chi connectivity index (χ4n) is 1.69. The average molecular weight is 276 g/mol. The Morgan fingerprint density at radius 1 is 1.30 bits per heavy atom. The monoisotopic (exact) mass is 276 g/mol. The summed E-state index contributed by atoms with van der Waals surface area (Å²) >= 11 is 0. The van der Waals surface area contributed by atoms with Gasteiger partial charge >= 0.3 is 5.97 Å². The number of carbonyl (C=O) groups is 1. The third-order valence-corrected chi connectivity index (χ3v) is 2.73. The van der Waals surface area contributed by atoms with Crippen LogP contribution in [0, 0.1) is 0 Å². The maximum Gasteiger partial charge on any atom is 0.358 e. The smallest absolute Gasteiger partial charge is 0.358 e. The van der Waals surface area contributed by atoms with Gasteiger partial charge in [-0.15, -0.1) is 5.10 Å². The highest BCUT2D eigenvalue weighted by molar-refractivity contribution is 5.84. The van der Waals surface area contributed by atoms with Gasteiger partial charge in [-0.3, -0.25) is 4.98 Å². The zero-order valence-corrected chi connectivity index (χ0v) is 11.0. The molecule has 0 aliphatic heterocycles. The number of aromatic carboxylic acids is 1. The minimum Gasteiger partial charge on any atom is -0.476 e. The first-order valence-corrected chi connectivity index (χ1v) is 6.36. The molecule has 7 nitrogen and oxygen atoms in total. The molecule has 2 rings (SSSR count). The van der Waals surface area contributed by atoms with Crippen molar-refractivity contribution >= 4 is 5.97 Å². The number of aromatic nitrogens is 4. The number of carboxylic acids is 1. The molecule has 0 aromatic carbocycles. The second-order valence-electron chi connectivity index (χ2n) is 4.24. The largest absolute Gasteiger partial charge is 0.476 e. The third kappa shape index (κ3) is 4.43. The molecule has 106 valence electrons. The van der Waals surface area contributed by atoms with Gasteiger partial charge in [-0.25, -0.2) is 9.48 Å². The average Bonchev–Trinajstić information content (AvgIpc) is 2.93. The van der Waals surface area contributed by atoms with E-state index in [9.17, 15) is 4.79 Å². The van der Waals surface area contributed by atoms with Gasteiger partial charge < -0.3 is 9.84 Å². The molecule has 0 radical (unpaired) electrons. The Labute approximate surface area is 116 Å². The summed E-state index contributed by atoms with van der Waals surface area (Å²) in [5.41, 5.74) is 1.19. The summed E-state index contributed by atoms with van der Waals surface area (Å²) in [7, 11) is 0. The number of aryl methyl sites for hydroxylation is 1. The van der Waals surface area contributed by atoms with Crippen LogP contribution in [0.15, 0.2) is 30.7 Å². The van der Waals surface area contributed by atoms with Crippen molar-refractivity contribution in [2.75, 3.05) is 13.2 Å². The van der Waals surface area contributed by atoms with Crippen molar-refractivity contribution in [2.24, 2.45) is 0 Å². The van der Waals surface area contributed by atoms with E-state index in [0.717, 1.165) is 12.8 Å². The lowest BCUT2D eigenvalue weighted by Gasteiger charge is -2.04. The number of rotatable bonds is 8. The van der Waals surface area contributed by atoms with E-state index < -0.39 is 5.97 Å². The van der Waals surface area contributed by atoms with E-state index in [0.29, 0.717) is 19.8 Å². The summed E-state index contributed by atoms with van der Waals surface area (Å²) in [4.78, 5) is 14.6. The molecule has 0 amide bonds. The van der Waals surface area contributed by atoms with Gasteiger partial charge in [0, 0.05) is 19.0 Å². The summed E-state index contributed by atoms with van der Waals surface area (Å²) in [6.07, 6.45) is 6.83. The molecular weight excluding hydrogens is 260 g/mol. The number of ether oxygens (including phenoxy) is 1. The quantitative estimate of drug-likeness (QED) is 0.724. The summed E-state index contributed by atoms with van der Waals surface area (Å²) in [6, 6.07) is 3.98. The van der Waals surface area contributed by atoms with Gasteiger partial charge in [0.05, 0.1) is 19.3 Å². The second kappa shape index (κ2) is 7.34. The van der Waals surface area contributed by atoms with Gasteiger partial charge in [-0.2, -0.15) is 0 Å². The Morgan fingerprint density at radius 2 is 2.10 bits per heavy atom. The van der Waals surface area contributed by atoms with Gasteiger partial charge in [0.2, 0.25) is 0 Å². The molecule has 0 spiro atoms. The Bertz CT molecular complexity index is 542. The summed E-state index contributed by atoms with van der Waals surface area (Å²) in [5, 5.41) is 15.9. The van der Waals surface area contributed by atoms with Crippen molar-refractivity contribution in [3.63, 3.8) is 0 Å². The Balaban J connectivity index is 1.58. The zero-order valence-electron chi connectivity index (χ0n) is 11.0. The van der Waals surface area contributed by atoms with Crippen molar-refractivity contribution in [3.05, 3.63) is 42.0 Å². The first-order valence-electron chi connectivity index (χ1n) is 6.36. The lowest BCUT2D eigenvalue weighted by molar-refractivity contribution is 0.0690. The van der Waals surface area contributed by atoms with Crippen LogP contribution in [0.4, 0.5) is 0 Å². The van der Waals surface area contributed by atoms with E-state index in [1.807, 2.05) is 12.1 Å². The van der Waals surface area contributed by atoms with Crippen LogP contribution >= 0.6 is 0 Å². The lowest BCUT2D eigenvalue weighted by atomic mass is 10.1. The topological polar surface area (TPSA) is 90.1 Å². The summed E-state index contributed by atoms with van der Waals surface area (Å²) in [6.45, 7) is 1.64. The van der Waals surface area contributed by atoms with E-state index in [4.69, 9.17) is 9.84 Å². The second-order valence-corrected chi connectivity index (χ2v) is 4.24. The van der Waals surface area contributed by atoms with Crippen LogP contribution in [0.5, 0.6) is 0 Å². The predicted molar refractivity (Wildman–Crippen MR) is 70.4 cm³/mol. The van der Waals surface area contributed by atoms with Gasteiger partial charge in [0.1, 0.15) is 0 Å². The van der Waals surface area contributed by atoms with Crippen LogP contribution in [0.1, 0.15) is 22.5 Å². The SMILES string of the molecule is O=C(O)c1cn(CCOCCCc2ccncc2)nn1. The number of hydrogen-bond acceptors (Lipinski definition) is 5. The molecule has 7 heteroatoms. The predicted octanol–water partition coefficient (Wildman–Crippen LogP) is 1.02. The highest BCUT2D eigenvalue weighted by atomic mass is 16.5. The molecule has 0 aliphatic carbocycles. The fourth-order valence-corrected chi connectivity index (χ4v) is 1.69. The minimum absolute atomic E-state index is 0.0531. The number of carboxylic acid groups (broad SMARTS) is 1. The molecule has 0 saturated carbocycles. The molecular formula is C13H16N4O3. The first-order chi connectivity index (χ1) is 9.75. The first kappa shape index (κ1) is 14.1. The molecule has 20 heavy (non-hydrogen) atoms. The lowest BCUT2D eigenvalue weighted by Crippen LogP contribution is -2.08. The van der Waals surface area contributed by atoms with Crippen LogP contribution < -0.4 is 0 Å². The maximum absolute atomic E-state index is 10.6. The standard InChI is InChI=1S/C13H16N4O3/c18-13(19)12-10-17(16-15-12)7-9-20-8-1-2-11-3-5-14-6-4-11/h3-6,10H,1-2,7-9H2,(H,18,19). The fraction of sp³-hybridized carbons (Fsp3) is 0.385. The molecule has 0 aliphatic rings. The van der Waals surface area contributed by atoms with Crippen LogP contribution in [0.2, 0.25) is 0 Å². The van der Waals surface area contributed by atoms with Crippen molar-refractivity contribution in [3.8, 4) is 0 Å². The van der Waals surface area contributed by atoms with E-state index >= 15 is 0 Å². The van der Waals surface area contributed by atoms with Gasteiger partial charge in [-0.05, 0) is 30.5 Å². The van der Waals surface area contributed by atoms with Crippen molar-refractivity contribution in [1.82, 2.24) is 20.0 Å². The molecule has 0 fully saturated rings. The molecule has 2 heterocycles. The Morgan fingerprint density at radius 3 is 2.80 bits per heavy atom.